The van der Waals surface area contributed by atoms with Gasteiger partial charge in [0, 0.05) is 12.7 Å². The maximum atomic E-state index is 14.4. The van der Waals surface area contributed by atoms with E-state index in [4.69, 9.17) is 30.5 Å². The summed E-state index contributed by atoms with van der Waals surface area (Å²) in [6, 6.07) is 2.03. The van der Waals surface area contributed by atoms with Crippen LogP contribution in [0.1, 0.15) is 19.9 Å². The molecule has 0 radical (unpaired) electrons. The van der Waals surface area contributed by atoms with E-state index in [9.17, 15) is 13.9 Å². The average Bonchev–Trinajstić information content (AvgIpc) is 3.19. The van der Waals surface area contributed by atoms with Crippen molar-refractivity contribution in [3.63, 3.8) is 0 Å². The zero-order chi connectivity index (χ0) is 21.6. The lowest BCUT2D eigenvalue weighted by Crippen LogP contribution is -2.63. The summed E-state index contributed by atoms with van der Waals surface area (Å²) in [6.07, 6.45) is -0.837. The van der Waals surface area contributed by atoms with Gasteiger partial charge in [-0.3, -0.25) is 0 Å². The third kappa shape index (κ3) is 3.72. The Morgan fingerprint density at radius 1 is 1.33 bits per heavy atom. The zero-order valence-electron chi connectivity index (χ0n) is 16.6. The highest BCUT2D eigenvalue weighted by atomic mass is 35.5. The number of nitrogens with zero attached hydrogens (tertiary/aromatic N) is 3. The van der Waals surface area contributed by atoms with Gasteiger partial charge < -0.3 is 24.1 Å². The van der Waals surface area contributed by atoms with E-state index in [1.165, 1.54) is 30.1 Å². The summed E-state index contributed by atoms with van der Waals surface area (Å²) in [5.41, 5.74) is 0.0421. The van der Waals surface area contributed by atoms with E-state index in [1.807, 2.05) is 0 Å². The molecule has 1 unspecified atom stereocenters. The van der Waals surface area contributed by atoms with Gasteiger partial charge in [-0.1, -0.05) is 16.8 Å². The first-order chi connectivity index (χ1) is 14.3. The number of benzene rings is 1. The molecule has 1 aromatic carbocycles. The molecule has 0 spiro atoms. The van der Waals surface area contributed by atoms with Gasteiger partial charge in [0.15, 0.2) is 17.4 Å². The minimum Gasteiger partial charge on any atom is -0.394 e. The van der Waals surface area contributed by atoms with Crippen LogP contribution in [0.15, 0.2) is 18.3 Å². The SMILES string of the molecule is CO[C@@H]1C(n2cc(-c3ccc(Cl)c(F)c3F)nn2)[C@H]2OC(C)(C)OC[C@H]2O[C@@H]1CO. The predicted octanol–water partition coefficient (Wildman–Crippen LogP) is 2.34. The van der Waals surface area contributed by atoms with E-state index >= 15 is 0 Å². The molecule has 2 aromatic rings. The maximum Gasteiger partial charge on any atom is 0.178 e. The van der Waals surface area contributed by atoms with Crippen molar-refractivity contribution in [3.8, 4) is 11.3 Å². The first-order valence-electron chi connectivity index (χ1n) is 9.42. The number of aliphatic hydroxyl groups excluding tert-OH is 1. The minimum absolute atomic E-state index is 0.0762. The minimum atomic E-state index is -1.15. The molecule has 2 fully saturated rings. The van der Waals surface area contributed by atoms with Crippen molar-refractivity contribution in [2.24, 2.45) is 0 Å². The molecular formula is C19H22ClF2N3O5. The molecule has 2 aliphatic heterocycles. The number of rotatable bonds is 4. The third-order valence-corrected chi connectivity index (χ3v) is 5.64. The van der Waals surface area contributed by atoms with E-state index in [0.717, 1.165) is 0 Å². The topological polar surface area (TPSA) is 87.9 Å². The van der Waals surface area contributed by atoms with Crippen LogP contribution in [0.5, 0.6) is 0 Å². The summed E-state index contributed by atoms with van der Waals surface area (Å²) in [5, 5.41) is 17.6. The summed E-state index contributed by atoms with van der Waals surface area (Å²) in [5.74, 6) is -3.14. The largest absolute Gasteiger partial charge is 0.394 e. The van der Waals surface area contributed by atoms with Gasteiger partial charge in [0.25, 0.3) is 0 Å². The van der Waals surface area contributed by atoms with Crippen molar-refractivity contribution in [1.82, 2.24) is 15.0 Å². The summed E-state index contributed by atoms with van der Waals surface area (Å²) in [7, 11) is 1.49. The van der Waals surface area contributed by atoms with Crippen molar-refractivity contribution in [1.29, 1.82) is 0 Å². The smallest absolute Gasteiger partial charge is 0.178 e. The average molecular weight is 446 g/mol. The van der Waals surface area contributed by atoms with Gasteiger partial charge in [-0.25, -0.2) is 13.5 Å². The van der Waals surface area contributed by atoms with Gasteiger partial charge in [0.05, 0.1) is 24.4 Å². The Labute approximate surface area is 176 Å². The Hall–Kier alpha value is -1.69. The Morgan fingerprint density at radius 2 is 2.10 bits per heavy atom. The van der Waals surface area contributed by atoms with Crippen LogP contribution < -0.4 is 0 Å². The van der Waals surface area contributed by atoms with E-state index in [0.29, 0.717) is 0 Å². The molecule has 2 saturated heterocycles. The fraction of sp³-hybridized carbons (Fsp3) is 0.579. The second kappa shape index (κ2) is 8.10. The summed E-state index contributed by atoms with van der Waals surface area (Å²) in [6.45, 7) is 3.51. The second-order valence-electron chi connectivity index (χ2n) is 7.69. The number of methoxy groups -OCH3 is 1. The lowest BCUT2D eigenvalue weighted by atomic mass is 9.91. The van der Waals surface area contributed by atoms with Gasteiger partial charge >= 0.3 is 0 Å². The van der Waals surface area contributed by atoms with E-state index < -0.39 is 47.9 Å². The van der Waals surface area contributed by atoms with Crippen LogP contribution in [-0.2, 0) is 18.9 Å². The fourth-order valence-corrected chi connectivity index (χ4v) is 4.09. The lowest BCUT2D eigenvalue weighted by Gasteiger charge is -2.50. The Kier molecular flexibility index (Phi) is 5.82. The number of aromatic nitrogens is 3. The second-order valence-corrected chi connectivity index (χ2v) is 8.09. The van der Waals surface area contributed by atoms with Gasteiger partial charge in [0.1, 0.15) is 36.2 Å². The summed E-state index contributed by atoms with van der Waals surface area (Å²) in [4.78, 5) is 0. The van der Waals surface area contributed by atoms with E-state index in [1.54, 1.807) is 13.8 Å². The number of halogens is 3. The molecule has 3 heterocycles. The lowest BCUT2D eigenvalue weighted by molar-refractivity contribution is -0.351. The Morgan fingerprint density at radius 3 is 2.80 bits per heavy atom. The van der Waals surface area contributed by atoms with Crippen LogP contribution in [0, 0.1) is 11.6 Å². The van der Waals surface area contributed by atoms with Crippen molar-refractivity contribution in [2.75, 3.05) is 20.3 Å². The molecule has 30 heavy (non-hydrogen) atoms. The van der Waals surface area contributed by atoms with Crippen LogP contribution in [0.25, 0.3) is 11.3 Å². The fourth-order valence-electron chi connectivity index (χ4n) is 3.94. The van der Waals surface area contributed by atoms with Gasteiger partial charge in [0.2, 0.25) is 0 Å². The molecule has 1 aromatic heterocycles. The number of hydrogen-bond donors (Lipinski definition) is 1. The molecule has 0 saturated carbocycles. The molecule has 8 nitrogen and oxygen atoms in total. The van der Waals surface area contributed by atoms with Crippen LogP contribution >= 0.6 is 11.6 Å². The van der Waals surface area contributed by atoms with E-state index in [-0.39, 0.29) is 29.5 Å². The molecule has 11 heteroatoms. The highest BCUT2D eigenvalue weighted by molar-refractivity contribution is 6.30. The van der Waals surface area contributed by atoms with Crippen LogP contribution in [0.2, 0.25) is 5.02 Å². The molecule has 0 aliphatic carbocycles. The van der Waals surface area contributed by atoms with Crippen LogP contribution in [0.4, 0.5) is 8.78 Å². The third-order valence-electron chi connectivity index (χ3n) is 5.35. The molecule has 0 bridgehead atoms. The van der Waals surface area contributed by atoms with Gasteiger partial charge in [-0.15, -0.1) is 5.10 Å². The van der Waals surface area contributed by atoms with Gasteiger partial charge in [-0.2, -0.15) is 0 Å². The zero-order valence-corrected chi connectivity index (χ0v) is 17.3. The number of fused-ring (bicyclic) bond motifs is 1. The molecule has 2 aliphatic rings. The molecule has 1 N–H and O–H groups in total. The van der Waals surface area contributed by atoms with Crippen molar-refractivity contribution in [2.45, 2.75) is 50.1 Å². The monoisotopic (exact) mass is 445 g/mol. The first kappa shape index (κ1) is 21.5. The van der Waals surface area contributed by atoms with Crippen molar-refractivity contribution in [3.05, 3.63) is 35.0 Å². The number of hydrogen-bond acceptors (Lipinski definition) is 7. The predicted molar refractivity (Wildman–Crippen MR) is 101 cm³/mol. The summed E-state index contributed by atoms with van der Waals surface area (Å²) < 4.78 is 53.0. The Balaban J connectivity index is 1.74. The number of ether oxygens (including phenoxy) is 4. The first-order valence-corrected chi connectivity index (χ1v) is 9.80. The standard InChI is InChI=1S/C19H22ClF2N3O5/c1-19(2)28-8-13-18(30-19)16(17(27-3)12(7-26)29-13)25-6-11(23-24-25)9-4-5-10(20)15(22)14(9)21/h4-6,12-13,16-18,26H,7-8H2,1-3H3/t12-,13-,16?,17+,18+/m1/s1. The maximum absolute atomic E-state index is 14.4. The molecule has 0 amide bonds. The van der Waals surface area contributed by atoms with E-state index in [2.05, 4.69) is 10.3 Å². The van der Waals surface area contributed by atoms with Crippen molar-refractivity contribution < 1.29 is 32.8 Å². The van der Waals surface area contributed by atoms with Crippen LogP contribution in [-0.4, -0.2) is 70.6 Å². The number of aliphatic hydroxyl groups is 1. The quantitative estimate of drug-likeness (QED) is 0.723. The highest BCUT2D eigenvalue weighted by Gasteiger charge is 2.52. The van der Waals surface area contributed by atoms with Gasteiger partial charge in [-0.05, 0) is 26.0 Å². The molecule has 4 rings (SSSR count). The van der Waals surface area contributed by atoms with Crippen molar-refractivity contribution >= 4 is 11.6 Å². The van der Waals surface area contributed by atoms with Crippen LogP contribution in [0.3, 0.4) is 0 Å². The summed E-state index contributed by atoms with van der Waals surface area (Å²) >= 11 is 5.63. The molecule has 5 atom stereocenters. The molecular weight excluding hydrogens is 424 g/mol. The Bertz CT molecular complexity index is 928. The normalized spacial score (nSPS) is 30.8. The highest BCUT2D eigenvalue weighted by Crippen LogP contribution is 2.39. The molecule has 164 valence electrons.